The topological polar surface area (TPSA) is 138 Å². The molecule has 2 amide bonds. The Morgan fingerprint density at radius 3 is 2.39 bits per heavy atom. The van der Waals surface area contributed by atoms with Crippen LogP contribution in [-0.2, 0) is 23.9 Å². The smallest absolute Gasteiger partial charge is 0.316 e. The third-order valence-electron chi connectivity index (χ3n) is 10.2. The van der Waals surface area contributed by atoms with E-state index >= 15 is 0 Å². The molecule has 1 unspecified atom stereocenters. The van der Waals surface area contributed by atoms with Crippen molar-refractivity contribution < 1.29 is 29.0 Å². The van der Waals surface area contributed by atoms with Gasteiger partial charge in [-0.2, -0.15) is 0 Å². The number of hydrogen-bond donors (Lipinski definition) is 3. The van der Waals surface area contributed by atoms with E-state index in [0.29, 0.717) is 45.1 Å². The standard InChI is InChI=1S/C36H48N4O6/c1-21(2)31-32(42)37-24(5)33(43)40-19-7-8-28(39-40)30(41)23(4)22(3)27-12-11-26-10-9-25(20-29(26)38-27)13-14-36(34(44)46-31)17-15-35(6,45)16-18-36/h9-14,20-24,28,31,39,45H,7-8,15-19H2,1-6H3,(H,37,42)/b14-13+/t22-,23?,24-,28-,31-,35?,36?/m0/s1. The van der Waals surface area contributed by atoms with Crippen LogP contribution in [0.25, 0.3) is 17.0 Å². The van der Waals surface area contributed by atoms with Crippen molar-refractivity contribution in [2.24, 2.45) is 17.3 Å². The number of carbonyl (C=O) groups is 4. The molecule has 3 N–H and O–H groups in total. The Hall–Kier alpha value is -3.63. The van der Waals surface area contributed by atoms with Gasteiger partial charge in [-0.15, -0.1) is 0 Å². The van der Waals surface area contributed by atoms with Crippen molar-refractivity contribution in [1.82, 2.24) is 20.7 Å². The molecule has 10 nitrogen and oxygen atoms in total. The molecule has 1 saturated heterocycles. The Labute approximate surface area is 271 Å². The minimum absolute atomic E-state index is 0.00898. The maximum atomic E-state index is 14.0. The van der Waals surface area contributed by atoms with Crippen LogP contribution >= 0.6 is 0 Å². The van der Waals surface area contributed by atoms with Crippen molar-refractivity contribution in [2.45, 2.75) is 110 Å². The highest BCUT2D eigenvalue weighted by Crippen LogP contribution is 2.44. The Kier molecular flexibility index (Phi) is 9.70. The number of nitrogens with zero attached hydrogens (tertiary/aromatic N) is 2. The number of aliphatic hydroxyl groups is 1. The summed E-state index contributed by atoms with van der Waals surface area (Å²) in [7, 11) is 0. The largest absolute Gasteiger partial charge is 0.451 e. The van der Waals surface area contributed by atoms with Crippen LogP contribution in [-0.4, -0.2) is 69.0 Å². The van der Waals surface area contributed by atoms with E-state index in [-0.39, 0.29) is 29.4 Å². The Morgan fingerprint density at radius 1 is 1.00 bits per heavy atom. The lowest BCUT2D eigenvalue weighted by atomic mass is 9.68. The second-order valence-corrected chi connectivity index (χ2v) is 14.3. The minimum Gasteiger partial charge on any atom is -0.451 e. The lowest BCUT2D eigenvalue weighted by Crippen LogP contribution is -2.60. The summed E-state index contributed by atoms with van der Waals surface area (Å²) in [6.07, 6.45) is 5.37. The van der Waals surface area contributed by atoms with Crippen LogP contribution in [0, 0.1) is 17.3 Å². The van der Waals surface area contributed by atoms with Gasteiger partial charge in [0.25, 0.3) is 11.8 Å². The highest BCUT2D eigenvalue weighted by molar-refractivity contribution is 5.92. The number of pyridine rings is 1. The Morgan fingerprint density at radius 2 is 1.70 bits per heavy atom. The van der Waals surface area contributed by atoms with Crippen molar-refractivity contribution in [2.75, 3.05) is 6.54 Å². The van der Waals surface area contributed by atoms with Crippen LogP contribution in [0.5, 0.6) is 0 Å². The molecule has 0 radical (unpaired) electrons. The number of fused-ring (bicyclic) bond motifs is 4. The van der Waals surface area contributed by atoms with Crippen molar-refractivity contribution in [3.63, 3.8) is 0 Å². The molecule has 1 aliphatic carbocycles. The lowest BCUT2D eigenvalue weighted by Gasteiger charge is -2.40. The zero-order valence-corrected chi connectivity index (χ0v) is 27.8. The second kappa shape index (κ2) is 13.2. The summed E-state index contributed by atoms with van der Waals surface area (Å²) in [5, 5.41) is 15.9. The molecule has 1 saturated carbocycles. The molecule has 2 aromatic rings. The van der Waals surface area contributed by atoms with E-state index in [9.17, 15) is 24.3 Å². The van der Waals surface area contributed by atoms with E-state index in [1.54, 1.807) is 27.7 Å². The highest BCUT2D eigenvalue weighted by Gasteiger charge is 2.46. The van der Waals surface area contributed by atoms with Gasteiger partial charge in [-0.05, 0) is 76.0 Å². The summed E-state index contributed by atoms with van der Waals surface area (Å²) in [6.45, 7) is 11.3. The summed E-state index contributed by atoms with van der Waals surface area (Å²) in [5.41, 5.74) is 3.61. The summed E-state index contributed by atoms with van der Waals surface area (Å²) in [4.78, 5) is 59.7. The maximum Gasteiger partial charge on any atom is 0.316 e. The monoisotopic (exact) mass is 632 g/mol. The molecule has 5 atom stereocenters. The number of Topliss-reactive ketones (excluding diaryl/α,β-unsaturated/α-hetero) is 1. The molecule has 2 fully saturated rings. The van der Waals surface area contributed by atoms with Gasteiger partial charge in [0.2, 0.25) is 0 Å². The van der Waals surface area contributed by atoms with E-state index < -0.39 is 41.1 Å². The number of benzene rings is 1. The normalized spacial score (nSPS) is 34.1. The van der Waals surface area contributed by atoms with Crippen molar-refractivity contribution in [3.05, 3.63) is 47.7 Å². The van der Waals surface area contributed by atoms with Gasteiger partial charge in [0.05, 0.1) is 22.6 Å². The number of hydrazine groups is 1. The number of ketones is 1. The molecule has 10 heteroatoms. The van der Waals surface area contributed by atoms with Gasteiger partial charge in [0, 0.05) is 29.5 Å². The average molecular weight is 633 g/mol. The SMILES string of the molecule is CC(C)[C@@H]1OC(=O)C2(/C=C/c3ccc4ccc(nc4c3)[C@@H](C)C(C)C(=O)[C@@H]3CCCN(N3)C(=O)[C@H](C)NC1=O)CCC(C)(O)CC2. The predicted molar refractivity (Wildman–Crippen MR) is 175 cm³/mol. The molecule has 5 bridgehead atoms. The van der Waals surface area contributed by atoms with Gasteiger partial charge in [0.1, 0.15) is 6.04 Å². The molecule has 248 valence electrons. The number of aromatic nitrogens is 1. The van der Waals surface area contributed by atoms with Gasteiger partial charge in [-0.3, -0.25) is 29.2 Å². The van der Waals surface area contributed by atoms with Crippen LogP contribution in [0.2, 0.25) is 0 Å². The van der Waals surface area contributed by atoms with Crippen molar-refractivity contribution >= 4 is 40.5 Å². The first kappa shape index (κ1) is 33.7. The molecule has 3 aliphatic rings. The number of ether oxygens (including phenoxy) is 1. The summed E-state index contributed by atoms with van der Waals surface area (Å²) in [6, 6.07) is 8.42. The summed E-state index contributed by atoms with van der Waals surface area (Å²) >= 11 is 0. The van der Waals surface area contributed by atoms with Gasteiger partial charge < -0.3 is 15.2 Å². The Balaban J connectivity index is 1.56. The van der Waals surface area contributed by atoms with Crippen LogP contribution in [0.1, 0.15) is 97.2 Å². The summed E-state index contributed by atoms with van der Waals surface area (Å²) < 4.78 is 5.98. The number of esters is 1. The highest BCUT2D eigenvalue weighted by atomic mass is 16.5. The van der Waals surface area contributed by atoms with Crippen molar-refractivity contribution in [1.29, 1.82) is 0 Å². The number of nitrogens with one attached hydrogen (secondary N) is 2. The third kappa shape index (κ3) is 7.03. The van der Waals surface area contributed by atoms with E-state index in [0.717, 1.165) is 22.2 Å². The molecule has 1 aromatic carbocycles. The predicted octanol–water partition coefficient (Wildman–Crippen LogP) is 4.45. The van der Waals surface area contributed by atoms with Crippen LogP contribution in [0.3, 0.4) is 0 Å². The van der Waals surface area contributed by atoms with Gasteiger partial charge in [0.15, 0.2) is 11.9 Å². The van der Waals surface area contributed by atoms with Crippen molar-refractivity contribution in [3.8, 4) is 0 Å². The molecule has 1 aromatic heterocycles. The number of hydrogen-bond acceptors (Lipinski definition) is 8. The average Bonchev–Trinajstić information content (AvgIpc) is 3.04. The molecule has 1 spiro atoms. The minimum atomic E-state index is -1.13. The van der Waals surface area contributed by atoms with Gasteiger partial charge >= 0.3 is 5.97 Å². The lowest BCUT2D eigenvalue weighted by molar-refractivity contribution is -0.170. The Bertz CT molecular complexity index is 1520. The molecule has 2 aliphatic heterocycles. The fourth-order valence-corrected chi connectivity index (χ4v) is 6.72. The maximum absolute atomic E-state index is 14.0. The molecule has 5 rings (SSSR count). The molecule has 46 heavy (non-hydrogen) atoms. The first-order valence-electron chi connectivity index (χ1n) is 16.6. The van der Waals surface area contributed by atoms with E-state index in [4.69, 9.17) is 9.72 Å². The number of rotatable bonds is 1. The third-order valence-corrected chi connectivity index (χ3v) is 10.2. The van der Waals surface area contributed by atoms with E-state index in [1.807, 2.05) is 56.3 Å². The molecular weight excluding hydrogens is 584 g/mol. The zero-order valence-electron chi connectivity index (χ0n) is 27.8. The zero-order chi connectivity index (χ0) is 33.4. The fraction of sp³-hybridized carbons (Fsp3) is 0.583. The van der Waals surface area contributed by atoms with Crippen LogP contribution < -0.4 is 10.7 Å². The van der Waals surface area contributed by atoms with Crippen LogP contribution in [0.15, 0.2) is 36.4 Å². The second-order valence-electron chi connectivity index (χ2n) is 14.3. The van der Waals surface area contributed by atoms with Gasteiger partial charge in [-0.1, -0.05) is 58.0 Å². The first-order chi connectivity index (χ1) is 21.7. The fourth-order valence-electron chi connectivity index (χ4n) is 6.72. The summed E-state index contributed by atoms with van der Waals surface area (Å²) in [5.74, 6) is -2.33. The van der Waals surface area contributed by atoms with Gasteiger partial charge in [-0.25, -0.2) is 5.43 Å². The van der Waals surface area contributed by atoms with E-state index in [2.05, 4.69) is 10.7 Å². The first-order valence-corrected chi connectivity index (χ1v) is 16.6. The molecular formula is C36H48N4O6. The quantitative estimate of drug-likeness (QED) is 0.392. The number of cyclic esters (lactones) is 1. The van der Waals surface area contributed by atoms with E-state index in [1.165, 1.54) is 5.01 Å². The molecule has 3 heterocycles. The number of amides is 2. The van der Waals surface area contributed by atoms with Crippen LogP contribution in [0.4, 0.5) is 0 Å². The number of carbonyl (C=O) groups excluding carboxylic acids is 4.